The molecular formula is C23H14ClFN2O4. The third kappa shape index (κ3) is 3.39. The van der Waals surface area contributed by atoms with Crippen LogP contribution in [0.25, 0.3) is 5.57 Å². The van der Waals surface area contributed by atoms with Gasteiger partial charge in [0.2, 0.25) is 6.79 Å². The Labute approximate surface area is 181 Å². The van der Waals surface area contributed by atoms with E-state index < -0.39 is 17.6 Å². The van der Waals surface area contributed by atoms with Crippen LogP contribution in [0.1, 0.15) is 5.56 Å². The third-order valence-corrected chi connectivity index (χ3v) is 5.18. The molecule has 0 fully saturated rings. The number of benzene rings is 3. The van der Waals surface area contributed by atoms with Gasteiger partial charge in [-0.05, 0) is 48.0 Å². The van der Waals surface area contributed by atoms with Crippen LogP contribution in [-0.4, -0.2) is 18.6 Å². The monoisotopic (exact) mass is 436 g/mol. The Bertz CT molecular complexity index is 1260. The van der Waals surface area contributed by atoms with Gasteiger partial charge in [0.05, 0.1) is 11.3 Å². The van der Waals surface area contributed by atoms with Crippen molar-refractivity contribution in [2.75, 3.05) is 17.0 Å². The lowest BCUT2D eigenvalue weighted by Crippen LogP contribution is -2.32. The van der Waals surface area contributed by atoms with Crippen LogP contribution in [0.2, 0.25) is 5.02 Å². The Balaban J connectivity index is 1.60. The van der Waals surface area contributed by atoms with Gasteiger partial charge in [-0.15, -0.1) is 0 Å². The summed E-state index contributed by atoms with van der Waals surface area (Å²) in [5, 5.41) is 3.53. The van der Waals surface area contributed by atoms with Crippen molar-refractivity contribution >= 4 is 40.4 Å². The van der Waals surface area contributed by atoms with Gasteiger partial charge >= 0.3 is 0 Å². The fourth-order valence-electron chi connectivity index (χ4n) is 3.50. The van der Waals surface area contributed by atoms with E-state index in [-0.39, 0.29) is 23.8 Å². The number of amides is 2. The number of rotatable bonds is 4. The minimum absolute atomic E-state index is 0.0652. The topological polar surface area (TPSA) is 67.9 Å². The number of anilines is 2. The lowest BCUT2D eigenvalue weighted by molar-refractivity contribution is -0.120. The molecule has 0 saturated heterocycles. The molecule has 0 bridgehead atoms. The molecule has 0 aromatic heterocycles. The molecule has 5 rings (SSSR count). The van der Waals surface area contributed by atoms with Gasteiger partial charge in [0.1, 0.15) is 11.5 Å². The molecule has 0 spiro atoms. The van der Waals surface area contributed by atoms with Gasteiger partial charge in [0.25, 0.3) is 11.8 Å². The van der Waals surface area contributed by atoms with Crippen molar-refractivity contribution in [3.8, 4) is 11.5 Å². The molecule has 0 radical (unpaired) electrons. The lowest BCUT2D eigenvalue weighted by atomic mass is 10.0. The van der Waals surface area contributed by atoms with Crippen molar-refractivity contribution in [1.82, 2.24) is 0 Å². The number of fused-ring (bicyclic) bond motifs is 1. The number of nitrogens with zero attached hydrogens (tertiary/aromatic N) is 1. The second kappa shape index (κ2) is 7.45. The summed E-state index contributed by atoms with van der Waals surface area (Å²) in [6.45, 7) is 0.113. The molecule has 2 heterocycles. The highest BCUT2D eigenvalue weighted by Gasteiger charge is 2.40. The molecule has 2 aliphatic rings. The molecule has 0 saturated carbocycles. The number of ether oxygens (including phenoxy) is 2. The number of carbonyl (C=O) groups excluding carboxylic acids is 2. The lowest BCUT2D eigenvalue weighted by Gasteiger charge is -2.15. The normalized spacial score (nSPS) is 15.1. The summed E-state index contributed by atoms with van der Waals surface area (Å²) in [5.41, 5.74) is 1.40. The van der Waals surface area contributed by atoms with Crippen LogP contribution >= 0.6 is 11.6 Å². The summed E-state index contributed by atoms with van der Waals surface area (Å²) in [4.78, 5) is 27.6. The van der Waals surface area contributed by atoms with Crippen molar-refractivity contribution in [2.45, 2.75) is 0 Å². The molecular weight excluding hydrogens is 423 g/mol. The molecule has 3 aromatic rings. The molecule has 154 valence electrons. The minimum atomic E-state index is -0.599. The predicted molar refractivity (Wildman–Crippen MR) is 113 cm³/mol. The van der Waals surface area contributed by atoms with Crippen molar-refractivity contribution in [3.05, 3.63) is 88.8 Å². The van der Waals surface area contributed by atoms with Crippen molar-refractivity contribution in [3.63, 3.8) is 0 Å². The first-order valence-corrected chi connectivity index (χ1v) is 9.70. The predicted octanol–water partition coefficient (Wildman–Crippen LogP) is 4.60. The second-order valence-electron chi connectivity index (χ2n) is 6.88. The smallest absolute Gasteiger partial charge is 0.282 e. The van der Waals surface area contributed by atoms with E-state index >= 15 is 0 Å². The first kappa shape index (κ1) is 19.1. The van der Waals surface area contributed by atoms with E-state index in [1.165, 1.54) is 18.2 Å². The number of imide groups is 1. The molecule has 1 N–H and O–H groups in total. The summed E-state index contributed by atoms with van der Waals surface area (Å²) in [6, 6.07) is 17.0. The van der Waals surface area contributed by atoms with Crippen LogP contribution in [0.4, 0.5) is 15.8 Å². The maximum Gasteiger partial charge on any atom is 0.282 e. The first-order valence-electron chi connectivity index (χ1n) is 9.32. The summed E-state index contributed by atoms with van der Waals surface area (Å²) in [7, 11) is 0. The van der Waals surface area contributed by atoms with Crippen molar-refractivity contribution in [2.24, 2.45) is 0 Å². The van der Waals surface area contributed by atoms with Crippen molar-refractivity contribution in [1.29, 1.82) is 0 Å². The maximum atomic E-state index is 13.8. The molecule has 2 aliphatic heterocycles. The van der Waals surface area contributed by atoms with Crippen LogP contribution in [0.5, 0.6) is 11.5 Å². The largest absolute Gasteiger partial charge is 0.454 e. The molecule has 2 amide bonds. The van der Waals surface area contributed by atoms with E-state index in [0.29, 0.717) is 27.8 Å². The fourth-order valence-corrected chi connectivity index (χ4v) is 3.62. The fraction of sp³-hybridized carbons (Fsp3) is 0.0435. The quantitative estimate of drug-likeness (QED) is 0.605. The first-order chi connectivity index (χ1) is 15.0. The zero-order valence-electron chi connectivity index (χ0n) is 15.9. The SMILES string of the molecule is O=C1C(Nc2ccc3c(c2)OCO3)=C(c2ccc(Cl)cc2)C(=O)N1c1cccc(F)c1. The van der Waals surface area contributed by atoms with Gasteiger partial charge in [-0.3, -0.25) is 9.59 Å². The zero-order chi connectivity index (χ0) is 21.5. The number of nitrogens with one attached hydrogen (secondary N) is 1. The molecule has 8 heteroatoms. The highest BCUT2D eigenvalue weighted by molar-refractivity contribution is 6.46. The van der Waals surface area contributed by atoms with Crippen LogP contribution in [0.15, 0.2) is 72.4 Å². The van der Waals surface area contributed by atoms with E-state index in [9.17, 15) is 14.0 Å². The third-order valence-electron chi connectivity index (χ3n) is 4.93. The van der Waals surface area contributed by atoms with E-state index in [1.54, 1.807) is 42.5 Å². The number of carbonyl (C=O) groups is 2. The Hall–Kier alpha value is -3.84. The second-order valence-corrected chi connectivity index (χ2v) is 7.31. The van der Waals surface area contributed by atoms with Gasteiger partial charge in [-0.25, -0.2) is 9.29 Å². The minimum Gasteiger partial charge on any atom is -0.454 e. The number of halogens is 2. The summed E-state index contributed by atoms with van der Waals surface area (Å²) in [5.74, 6) is -0.604. The zero-order valence-corrected chi connectivity index (χ0v) is 16.7. The van der Waals surface area contributed by atoms with E-state index in [0.717, 1.165) is 11.0 Å². The Morgan fingerprint density at radius 2 is 1.68 bits per heavy atom. The van der Waals surface area contributed by atoms with E-state index in [1.807, 2.05) is 0 Å². The Morgan fingerprint density at radius 1 is 0.903 bits per heavy atom. The van der Waals surface area contributed by atoms with Gasteiger partial charge in [-0.2, -0.15) is 0 Å². The van der Waals surface area contributed by atoms with Gasteiger partial charge in [-0.1, -0.05) is 29.8 Å². The average Bonchev–Trinajstić information content (AvgIpc) is 3.31. The van der Waals surface area contributed by atoms with Crippen LogP contribution in [0.3, 0.4) is 0 Å². The summed E-state index contributed by atoms with van der Waals surface area (Å²) < 4.78 is 24.5. The Morgan fingerprint density at radius 3 is 2.45 bits per heavy atom. The molecule has 3 aromatic carbocycles. The Kier molecular flexibility index (Phi) is 4.60. The van der Waals surface area contributed by atoms with Gasteiger partial charge < -0.3 is 14.8 Å². The number of hydrogen-bond donors (Lipinski definition) is 1. The van der Waals surface area contributed by atoms with Gasteiger partial charge in [0.15, 0.2) is 11.5 Å². The van der Waals surface area contributed by atoms with Gasteiger partial charge in [0, 0.05) is 16.8 Å². The molecule has 6 nitrogen and oxygen atoms in total. The summed E-state index contributed by atoms with van der Waals surface area (Å²) >= 11 is 5.98. The molecule has 0 aliphatic carbocycles. The maximum absolute atomic E-state index is 13.8. The number of hydrogen-bond acceptors (Lipinski definition) is 5. The van der Waals surface area contributed by atoms with E-state index in [2.05, 4.69) is 5.32 Å². The average molecular weight is 437 g/mol. The van der Waals surface area contributed by atoms with Crippen LogP contribution < -0.4 is 19.7 Å². The standard InChI is InChI=1S/C23H14ClFN2O4/c24-14-6-4-13(5-7-14)20-21(26-16-8-9-18-19(11-16)31-12-30-18)23(29)27(22(20)28)17-3-1-2-15(25)10-17/h1-11,26H,12H2. The van der Waals surface area contributed by atoms with Crippen LogP contribution in [0, 0.1) is 5.82 Å². The highest BCUT2D eigenvalue weighted by atomic mass is 35.5. The molecule has 0 unspecified atom stereocenters. The molecule has 0 atom stereocenters. The molecule has 31 heavy (non-hydrogen) atoms. The summed E-state index contributed by atoms with van der Waals surface area (Å²) in [6.07, 6.45) is 0. The highest BCUT2D eigenvalue weighted by Crippen LogP contribution is 2.37. The van der Waals surface area contributed by atoms with E-state index in [4.69, 9.17) is 21.1 Å². The van der Waals surface area contributed by atoms with Crippen LogP contribution in [-0.2, 0) is 9.59 Å². The van der Waals surface area contributed by atoms with Crippen molar-refractivity contribution < 1.29 is 23.5 Å².